The molecule has 2 unspecified atom stereocenters. The van der Waals surface area contributed by atoms with Crippen LogP contribution in [0.25, 0.3) is 44.1 Å². The number of nitrogens with two attached hydrogens (primary N) is 2. The first kappa shape index (κ1) is 36.0. The summed E-state index contributed by atoms with van der Waals surface area (Å²) in [7, 11) is 0. The molecule has 7 aromatic rings. The lowest BCUT2D eigenvalue weighted by Gasteiger charge is -2.32. The third kappa shape index (κ3) is 7.83. The van der Waals surface area contributed by atoms with Crippen molar-refractivity contribution in [1.29, 1.82) is 0 Å². The summed E-state index contributed by atoms with van der Waals surface area (Å²) < 4.78 is 0. The van der Waals surface area contributed by atoms with E-state index < -0.39 is 11.8 Å². The highest BCUT2D eigenvalue weighted by molar-refractivity contribution is 6.08. The van der Waals surface area contributed by atoms with Crippen molar-refractivity contribution in [2.24, 2.45) is 11.5 Å². The summed E-state index contributed by atoms with van der Waals surface area (Å²) in [5, 5.41) is 5.69. The van der Waals surface area contributed by atoms with E-state index in [0.29, 0.717) is 23.0 Å². The zero-order chi connectivity index (χ0) is 37.7. The van der Waals surface area contributed by atoms with Gasteiger partial charge in [-0.1, -0.05) is 91.0 Å². The number of carbonyl (C=O) groups excluding carboxylic acids is 2. The molecule has 2 aliphatic heterocycles. The molecule has 2 amide bonds. The molecule has 8 heteroatoms. The minimum Gasteiger partial charge on any atom is -0.366 e. The third-order valence-electron chi connectivity index (χ3n) is 11.3. The highest BCUT2D eigenvalue weighted by Crippen LogP contribution is 2.37. The number of fused-ring (bicyclic) bond motifs is 2. The number of hydrogen-bond donors (Lipinski definition) is 5. The molecule has 8 nitrogen and oxygen atoms in total. The molecule has 0 bridgehead atoms. The molecule has 5 aromatic carbocycles. The van der Waals surface area contributed by atoms with Crippen LogP contribution < -0.4 is 16.8 Å². The fraction of sp³-hybridized carbons (Fsp3) is 0.234. The van der Waals surface area contributed by atoms with E-state index in [0.717, 1.165) is 83.2 Å². The van der Waals surface area contributed by atoms with Crippen LogP contribution in [-0.4, -0.2) is 52.9 Å². The van der Waals surface area contributed by atoms with Crippen LogP contribution in [0.1, 0.15) is 74.9 Å². The fourth-order valence-corrected chi connectivity index (χ4v) is 8.58. The number of piperidine rings is 2. The quantitative estimate of drug-likeness (QED) is 0.107. The van der Waals surface area contributed by atoms with Gasteiger partial charge in [0, 0.05) is 42.8 Å². The van der Waals surface area contributed by atoms with Crippen molar-refractivity contribution < 1.29 is 9.59 Å². The number of carbonyl (C=O) groups is 2. The smallest absolute Gasteiger partial charge is 0.250 e. The van der Waals surface area contributed by atoms with Crippen molar-refractivity contribution in [2.45, 2.75) is 44.1 Å². The van der Waals surface area contributed by atoms with Crippen LogP contribution in [-0.2, 0) is 6.54 Å². The van der Waals surface area contributed by atoms with Gasteiger partial charge in [-0.25, -0.2) is 0 Å². The number of H-pyrrole nitrogens is 2. The summed E-state index contributed by atoms with van der Waals surface area (Å²) in [5.41, 5.74) is 22.4. The van der Waals surface area contributed by atoms with Crippen molar-refractivity contribution in [3.63, 3.8) is 0 Å². The molecular weight excluding hydrogens is 681 g/mol. The highest BCUT2D eigenvalue weighted by atomic mass is 16.1. The van der Waals surface area contributed by atoms with E-state index in [4.69, 9.17) is 11.5 Å². The normalized spacial score (nSPS) is 17.5. The van der Waals surface area contributed by atoms with Gasteiger partial charge >= 0.3 is 0 Å². The number of nitrogens with zero attached hydrogens (tertiary/aromatic N) is 1. The van der Waals surface area contributed by atoms with Crippen molar-refractivity contribution >= 4 is 33.6 Å². The average molecular weight is 729 g/mol. The average Bonchev–Trinajstić information content (AvgIpc) is 3.87. The van der Waals surface area contributed by atoms with Gasteiger partial charge in [-0.15, -0.1) is 0 Å². The lowest BCUT2D eigenvalue weighted by molar-refractivity contribution is 0.0993. The summed E-state index contributed by atoms with van der Waals surface area (Å²) in [5.74, 6) is 0.107. The number of aromatic amines is 2. The molecular formula is C47H48N6O2. The molecule has 4 heterocycles. The van der Waals surface area contributed by atoms with Crippen LogP contribution in [0.5, 0.6) is 0 Å². The Hall–Kier alpha value is -5.96. The molecule has 2 aliphatic rings. The van der Waals surface area contributed by atoms with E-state index in [1.807, 2.05) is 54.7 Å². The summed E-state index contributed by atoms with van der Waals surface area (Å²) in [4.78, 5) is 33.4. The second-order valence-corrected chi connectivity index (χ2v) is 14.9. The van der Waals surface area contributed by atoms with Gasteiger partial charge in [0.15, 0.2) is 0 Å². The van der Waals surface area contributed by atoms with Crippen molar-refractivity contribution in [3.05, 3.63) is 155 Å². The Kier molecular flexibility index (Phi) is 10.6. The molecule has 2 atom stereocenters. The third-order valence-corrected chi connectivity index (χ3v) is 11.3. The van der Waals surface area contributed by atoms with E-state index in [1.165, 1.54) is 36.0 Å². The monoisotopic (exact) mass is 728 g/mol. The van der Waals surface area contributed by atoms with E-state index >= 15 is 0 Å². The molecule has 2 aromatic heterocycles. The zero-order valence-electron chi connectivity index (χ0n) is 31.1. The summed E-state index contributed by atoms with van der Waals surface area (Å²) >= 11 is 0. The van der Waals surface area contributed by atoms with Crippen LogP contribution in [0.4, 0.5) is 0 Å². The van der Waals surface area contributed by atoms with Gasteiger partial charge in [0.25, 0.3) is 11.8 Å². The number of primary amides is 2. The molecule has 0 aliphatic carbocycles. The summed E-state index contributed by atoms with van der Waals surface area (Å²) in [6.45, 7) is 5.18. The van der Waals surface area contributed by atoms with Crippen molar-refractivity contribution in [3.8, 4) is 22.3 Å². The van der Waals surface area contributed by atoms with E-state index in [1.54, 1.807) is 0 Å². The van der Waals surface area contributed by atoms with Crippen LogP contribution in [0, 0.1) is 0 Å². The van der Waals surface area contributed by atoms with Gasteiger partial charge in [-0.05, 0) is 114 Å². The number of hydrogen-bond acceptors (Lipinski definition) is 4. The topological polar surface area (TPSA) is 133 Å². The van der Waals surface area contributed by atoms with E-state index in [2.05, 4.69) is 93.1 Å². The molecule has 0 spiro atoms. The molecule has 7 N–H and O–H groups in total. The number of benzene rings is 5. The van der Waals surface area contributed by atoms with Gasteiger partial charge < -0.3 is 26.8 Å². The second-order valence-electron chi connectivity index (χ2n) is 14.9. The highest BCUT2D eigenvalue weighted by Gasteiger charge is 2.26. The number of nitrogens with one attached hydrogen (secondary N) is 3. The summed E-state index contributed by atoms with van der Waals surface area (Å²) in [6, 6.07) is 39.1. The molecule has 9 rings (SSSR count). The minimum absolute atomic E-state index is 0.395. The second kappa shape index (κ2) is 16.2. The largest absolute Gasteiger partial charge is 0.366 e. The predicted molar refractivity (Wildman–Crippen MR) is 223 cm³/mol. The number of rotatable bonds is 8. The molecule has 0 radical (unpaired) electrons. The van der Waals surface area contributed by atoms with Crippen LogP contribution >= 0.6 is 0 Å². The van der Waals surface area contributed by atoms with Gasteiger partial charge in [0.1, 0.15) is 0 Å². The summed E-state index contributed by atoms with van der Waals surface area (Å²) in [6.07, 6.45) is 8.80. The molecule has 55 heavy (non-hydrogen) atoms. The van der Waals surface area contributed by atoms with Crippen molar-refractivity contribution in [2.75, 3.05) is 26.2 Å². The number of amides is 2. The fourth-order valence-electron chi connectivity index (χ4n) is 8.58. The maximum atomic E-state index is 12.2. The first-order valence-electron chi connectivity index (χ1n) is 19.4. The Morgan fingerprint density at radius 1 is 0.618 bits per heavy atom. The first-order valence-corrected chi connectivity index (χ1v) is 19.4. The minimum atomic E-state index is -0.398. The Balaban J connectivity index is 0.000000160. The van der Waals surface area contributed by atoms with Crippen LogP contribution in [0.3, 0.4) is 0 Å². The van der Waals surface area contributed by atoms with Gasteiger partial charge in [-0.2, -0.15) is 0 Å². The Bertz CT molecular complexity index is 2410. The van der Waals surface area contributed by atoms with Gasteiger partial charge in [-0.3, -0.25) is 14.5 Å². The maximum absolute atomic E-state index is 12.2. The first-order chi connectivity index (χ1) is 26.9. The zero-order valence-corrected chi connectivity index (χ0v) is 31.1. The lowest BCUT2D eigenvalue weighted by Crippen LogP contribution is -2.33. The van der Waals surface area contributed by atoms with E-state index in [-0.39, 0.29) is 0 Å². The maximum Gasteiger partial charge on any atom is 0.250 e. The van der Waals surface area contributed by atoms with Gasteiger partial charge in [0.05, 0.1) is 22.2 Å². The Morgan fingerprint density at radius 3 is 1.64 bits per heavy atom. The lowest BCUT2D eigenvalue weighted by atomic mass is 9.88. The van der Waals surface area contributed by atoms with Gasteiger partial charge in [0.2, 0.25) is 0 Å². The Labute approximate surface area is 321 Å². The Morgan fingerprint density at radius 2 is 1.13 bits per heavy atom. The SMILES string of the molecule is NC(=O)c1cc(-c2ccccc2)cc2c(C3CCCN(Cc4ccccc4)C3)c[nH]c12.NC(=O)c1cc(-c2ccccc2)cc2c(C3CCCNC3)c[nH]c12. The van der Waals surface area contributed by atoms with Crippen molar-refractivity contribution in [1.82, 2.24) is 20.2 Å². The molecule has 2 saturated heterocycles. The molecule has 0 saturated carbocycles. The number of likely N-dealkylation sites (tertiary alicyclic amines) is 1. The van der Waals surface area contributed by atoms with E-state index in [9.17, 15) is 9.59 Å². The predicted octanol–water partition coefficient (Wildman–Crippen LogP) is 8.71. The number of aromatic nitrogens is 2. The van der Waals surface area contributed by atoms with Crippen LogP contribution in [0.15, 0.2) is 128 Å². The standard InChI is InChI=1S/C27H27N3O.C20H21N3O/c28-27(31)24-15-22(20-10-5-2-6-11-20)14-23-25(16-29-26(23)24)21-12-7-13-30(18-21)17-19-8-3-1-4-9-19;21-20(24)17-10-15(13-5-2-1-3-6-13)9-16-18(12-23-19(16)17)14-7-4-8-22-11-14/h1-6,8-11,14-16,21,29H,7,12-13,17-18H2,(H2,28,31);1-3,5-6,9-10,12,14,22-23H,4,7-8,11H2,(H2,21,24). The molecule has 278 valence electrons. The van der Waals surface area contributed by atoms with Crippen LogP contribution in [0.2, 0.25) is 0 Å². The molecule has 2 fully saturated rings.